The summed E-state index contributed by atoms with van der Waals surface area (Å²) in [6, 6.07) is 2.75. The van der Waals surface area contributed by atoms with Crippen LogP contribution in [0.25, 0.3) is 0 Å². The van der Waals surface area contributed by atoms with E-state index in [1.165, 1.54) is 18.2 Å². The average Bonchev–Trinajstić information content (AvgIpc) is 2.80. The number of urea groups is 1. The molecule has 11 heteroatoms. The zero-order valence-corrected chi connectivity index (χ0v) is 18.6. The van der Waals surface area contributed by atoms with Gasteiger partial charge in [-0.15, -0.1) is 0 Å². The van der Waals surface area contributed by atoms with Crippen LogP contribution in [0, 0.1) is 5.82 Å². The van der Waals surface area contributed by atoms with Gasteiger partial charge in [-0.2, -0.15) is 0 Å². The zero-order chi connectivity index (χ0) is 23.6. The highest BCUT2D eigenvalue weighted by atomic mass is 35.5. The van der Waals surface area contributed by atoms with Gasteiger partial charge in [-0.3, -0.25) is 0 Å². The standard InChI is InChI=1S/C22H25ClF3N5O2/c23-16-9-13(1-2-17(16)24)19(12-32)30-21(33)31-8-5-14-10-27-20(29-18(14)11-31)28-15-3-6-22(25,26)7-4-15/h1-2,9-10,15,19,32H,3-8,11-12H2,(H,30,33)(H,27,28,29)/t19-/m1/s1. The minimum atomic E-state index is -2.60. The smallest absolute Gasteiger partial charge is 0.318 e. The van der Waals surface area contributed by atoms with Crippen molar-refractivity contribution in [3.63, 3.8) is 0 Å². The van der Waals surface area contributed by atoms with Crippen LogP contribution in [-0.2, 0) is 13.0 Å². The lowest BCUT2D eigenvalue weighted by Gasteiger charge is -2.31. The van der Waals surface area contributed by atoms with Crippen LogP contribution in [0.3, 0.4) is 0 Å². The molecule has 1 saturated carbocycles. The molecule has 0 saturated heterocycles. The summed E-state index contributed by atoms with van der Waals surface area (Å²) in [6.45, 7) is 0.299. The van der Waals surface area contributed by atoms with Crippen molar-refractivity contribution in [1.82, 2.24) is 20.2 Å². The van der Waals surface area contributed by atoms with Crippen molar-refractivity contribution in [2.24, 2.45) is 0 Å². The highest BCUT2D eigenvalue weighted by Crippen LogP contribution is 2.34. The summed E-state index contributed by atoms with van der Waals surface area (Å²) in [7, 11) is 0. The molecule has 1 aromatic carbocycles. The minimum absolute atomic E-state index is 0.0921. The average molecular weight is 484 g/mol. The summed E-state index contributed by atoms with van der Waals surface area (Å²) in [6.07, 6.45) is 2.64. The van der Waals surface area contributed by atoms with Crippen LogP contribution >= 0.6 is 11.6 Å². The molecule has 2 amide bonds. The molecule has 33 heavy (non-hydrogen) atoms. The maximum Gasteiger partial charge on any atom is 0.318 e. The number of nitrogens with one attached hydrogen (secondary N) is 2. The maximum atomic E-state index is 13.4. The number of aromatic nitrogens is 2. The van der Waals surface area contributed by atoms with Crippen molar-refractivity contribution >= 4 is 23.6 Å². The molecule has 3 N–H and O–H groups in total. The molecule has 4 rings (SSSR count). The van der Waals surface area contributed by atoms with E-state index in [2.05, 4.69) is 20.6 Å². The van der Waals surface area contributed by atoms with Crippen molar-refractivity contribution in [3.8, 4) is 0 Å². The molecule has 0 bridgehead atoms. The van der Waals surface area contributed by atoms with Crippen LogP contribution in [0.15, 0.2) is 24.4 Å². The van der Waals surface area contributed by atoms with E-state index in [9.17, 15) is 23.1 Å². The number of aliphatic hydroxyl groups is 1. The normalized spacial score (nSPS) is 19.0. The topological polar surface area (TPSA) is 90.4 Å². The Morgan fingerprint density at radius 3 is 2.79 bits per heavy atom. The van der Waals surface area contributed by atoms with Crippen molar-refractivity contribution in [2.45, 2.75) is 56.7 Å². The number of benzene rings is 1. The molecule has 0 radical (unpaired) electrons. The third-order valence-corrected chi connectivity index (χ3v) is 6.40. The fourth-order valence-corrected chi connectivity index (χ4v) is 4.31. The molecule has 1 aromatic heterocycles. The number of fused-ring (bicyclic) bond motifs is 1. The van der Waals surface area contributed by atoms with Gasteiger partial charge >= 0.3 is 6.03 Å². The number of amides is 2. The van der Waals surface area contributed by atoms with Crippen molar-refractivity contribution in [1.29, 1.82) is 0 Å². The van der Waals surface area contributed by atoms with Gasteiger partial charge in [0.25, 0.3) is 0 Å². The lowest BCUT2D eigenvalue weighted by atomic mass is 9.92. The van der Waals surface area contributed by atoms with Gasteiger partial charge in [0.05, 0.1) is 29.9 Å². The number of hydrogen-bond donors (Lipinski definition) is 3. The fourth-order valence-electron chi connectivity index (χ4n) is 4.12. The second kappa shape index (κ2) is 9.72. The van der Waals surface area contributed by atoms with Gasteiger partial charge in [0.15, 0.2) is 0 Å². The van der Waals surface area contributed by atoms with Crippen LogP contribution in [-0.4, -0.2) is 51.1 Å². The van der Waals surface area contributed by atoms with Gasteiger partial charge in [-0.1, -0.05) is 17.7 Å². The number of anilines is 1. The van der Waals surface area contributed by atoms with Gasteiger partial charge in [0.1, 0.15) is 5.82 Å². The Morgan fingerprint density at radius 1 is 1.33 bits per heavy atom. The fraction of sp³-hybridized carbons (Fsp3) is 0.500. The van der Waals surface area contributed by atoms with E-state index >= 15 is 0 Å². The number of alkyl halides is 2. The van der Waals surface area contributed by atoms with Crippen LogP contribution in [0.2, 0.25) is 5.02 Å². The third kappa shape index (κ3) is 5.67. The number of aliphatic hydroxyl groups excluding tert-OH is 1. The first-order valence-electron chi connectivity index (χ1n) is 10.8. The molecule has 1 aliphatic carbocycles. The van der Waals surface area contributed by atoms with E-state index in [1.54, 1.807) is 11.1 Å². The lowest BCUT2D eigenvalue weighted by molar-refractivity contribution is -0.0361. The molecule has 2 aliphatic rings. The largest absolute Gasteiger partial charge is 0.394 e. The maximum absolute atomic E-state index is 13.4. The molecule has 0 spiro atoms. The molecule has 178 valence electrons. The summed E-state index contributed by atoms with van der Waals surface area (Å²) >= 11 is 5.82. The number of carbonyl (C=O) groups excluding carboxylic acids is 1. The summed E-state index contributed by atoms with van der Waals surface area (Å²) in [4.78, 5) is 23.2. The number of carbonyl (C=O) groups is 1. The number of hydrogen-bond acceptors (Lipinski definition) is 5. The Morgan fingerprint density at radius 2 is 2.09 bits per heavy atom. The first kappa shape index (κ1) is 23.6. The molecular formula is C22H25ClF3N5O2. The summed E-state index contributed by atoms with van der Waals surface area (Å²) in [5.41, 5.74) is 2.09. The van der Waals surface area contributed by atoms with E-state index in [4.69, 9.17) is 11.6 Å². The molecule has 7 nitrogen and oxygen atoms in total. The molecule has 1 fully saturated rings. The first-order chi connectivity index (χ1) is 15.7. The quantitative estimate of drug-likeness (QED) is 0.596. The van der Waals surface area contributed by atoms with Crippen molar-refractivity contribution in [2.75, 3.05) is 18.5 Å². The van der Waals surface area contributed by atoms with Crippen LogP contribution in [0.1, 0.15) is 48.5 Å². The summed E-state index contributed by atoms with van der Waals surface area (Å²) in [5, 5.41) is 15.5. The Labute approximate surface area is 194 Å². The van der Waals surface area contributed by atoms with E-state index in [-0.39, 0.29) is 37.1 Å². The van der Waals surface area contributed by atoms with Crippen LogP contribution in [0.5, 0.6) is 0 Å². The Bertz CT molecular complexity index is 1020. The minimum Gasteiger partial charge on any atom is -0.394 e. The summed E-state index contributed by atoms with van der Waals surface area (Å²) < 4.78 is 40.2. The zero-order valence-electron chi connectivity index (χ0n) is 17.8. The molecule has 1 atom stereocenters. The van der Waals surface area contributed by atoms with Crippen LogP contribution in [0.4, 0.5) is 23.9 Å². The van der Waals surface area contributed by atoms with E-state index in [0.29, 0.717) is 43.0 Å². The molecular weight excluding hydrogens is 459 g/mol. The van der Waals surface area contributed by atoms with E-state index in [0.717, 1.165) is 5.56 Å². The van der Waals surface area contributed by atoms with Gasteiger partial charge in [0.2, 0.25) is 11.9 Å². The number of nitrogens with zero attached hydrogens (tertiary/aromatic N) is 3. The second-order valence-electron chi connectivity index (χ2n) is 8.47. The monoisotopic (exact) mass is 483 g/mol. The van der Waals surface area contributed by atoms with Gasteiger partial charge in [0, 0.05) is 31.6 Å². The highest BCUT2D eigenvalue weighted by molar-refractivity contribution is 6.30. The number of halogens is 4. The molecule has 0 unspecified atom stereocenters. The van der Waals surface area contributed by atoms with E-state index in [1.807, 2.05) is 0 Å². The van der Waals surface area contributed by atoms with Crippen LogP contribution < -0.4 is 10.6 Å². The van der Waals surface area contributed by atoms with Gasteiger partial charge in [-0.05, 0) is 42.5 Å². The molecule has 2 heterocycles. The lowest BCUT2D eigenvalue weighted by Crippen LogP contribution is -2.45. The Hall–Kier alpha value is -2.59. The number of rotatable bonds is 5. The second-order valence-corrected chi connectivity index (χ2v) is 8.88. The highest BCUT2D eigenvalue weighted by Gasteiger charge is 2.35. The Balaban J connectivity index is 1.39. The van der Waals surface area contributed by atoms with Crippen molar-refractivity contribution < 1.29 is 23.1 Å². The Kier molecular flexibility index (Phi) is 6.94. The SMILES string of the molecule is O=C(N[C@H](CO)c1ccc(F)c(Cl)c1)N1CCc2cnc(NC3CCC(F)(F)CC3)nc2C1. The predicted octanol–water partition coefficient (Wildman–Crippen LogP) is 4.06. The van der Waals surface area contributed by atoms with Gasteiger partial charge in [-0.25, -0.2) is 27.9 Å². The first-order valence-corrected chi connectivity index (χ1v) is 11.2. The van der Waals surface area contributed by atoms with E-state index < -0.39 is 23.8 Å². The van der Waals surface area contributed by atoms with Gasteiger partial charge < -0.3 is 20.6 Å². The summed E-state index contributed by atoms with van der Waals surface area (Å²) in [5.74, 6) is -2.82. The van der Waals surface area contributed by atoms with Crippen molar-refractivity contribution in [3.05, 3.63) is 52.1 Å². The molecule has 1 aliphatic heterocycles. The molecule has 2 aromatic rings. The third-order valence-electron chi connectivity index (χ3n) is 6.11. The predicted molar refractivity (Wildman–Crippen MR) is 117 cm³/mol.